The molecule has 0 amide bonds. The highest BCUT2D eigenvalue weighted by molar-refractivity contribution is 14.0. The number of halogens is 1. The molecule has 2 aromatic heterocycles. The number of rotatable bonds is 4. The Bertz CT molecular complexity index is 624. The van der Waals surface area contributed by atoms with E-state index in [1.54, 1.807) is 0 Å². The van der Waals surface area contributed by atoms with Crippen LogP contribution in [0.4, 0.5) is 0 Å². The van der Waals surface area contributed by atoms with E-state index in [2.05, 4.69) is 33.3 Å². The molecule has 0 saturated carbocycles. The molecule has 0 bridgehead atoms. The molecular weight excluding hydrogens is 405 g/mol. The third-order valence-corrected chi connectivity index (χ3v) is 3.84. The molecule has 6 nitrogen and oxygen atoms in total. The van der Waals surface area contributed by atoms with E-state index in [1.807, 2.05) is 28.8 Å². The number of nitrogens with one attached hydrogen (secondary N) is 1. The van der Waals surface area contributed by atoms with Crippen molar-refractivity contribution in [3.63, 3.8) is 0 Å². The molecule has 0 unspecified atom stereocenters. The molecule has 0 radical (unpaired) electrons. The van der Waals surface area contributed by atoms with Crippen molar-refractivity contribution in [2.75, 3.05) is 26.2 Å². The molecule has 1 aliphatic heterocycles. The smallest absolute Gasteiger partial charge is 0.194 e. The Kier molecular flexibility index (Phi) is 6.64. The number of aromatic nitrogens is 2. The number of β-amino-alcohol motifs (C(OH)–C–C–N with tert-alkyl or cyclic N) is 1. The van der Waals surface area contributed by atoms with Gasteiger partial charge in [0.05, 0.1) is 11.8 Å². The van der Waals surface area contributed by atoms with Crippen molar-refractivity contribution in [2.45, 2.75) is 25.9 Å². The normalized spacial score (nSPS) is 18.3. The third-order valence-electron chi connectivity index (χ3n) is 3.84. The Hall–Kier alpha value is -1.35. The van der Waals surface area contributed by atoms with Crippen molar-refractivity contribution in [3.8, 4) is 0 Å². The van der Waals surface area contributed by atoms with Crippen LogP contribution in [-0.2, 0) is 6.42 Å². The lowest BCUT2D eigenvalue weighted by Crippen LogP contribution is -2.40. The minimum absolute atomic E-state index is 0. The Balaban J connectivity index is 0.00000192. The van der Waals surface area contributed by atoms with E-state index < -0.39 is 0 Å². The largest absolute Gasteiger partial charge is 0.391 e. The molecule has 1 aliphatic rings. The molecule has 0 aromatic carbocycles. The molecule has 1 saturated heterocycles. The number of aliphatic hydroxyl groups excluding tert-OH is 1. The number of hydrogen-bond donors (Lipinski definition) is 2. The van der Waals surface area contributed by atoms with E-state index >= 15 is 0 Å². The van der Waals surface area contributed by atoms with E-state index in [9.17, 15) is 5.11 Å². The van der Waals surface area contributed by atoms with Crippen LogP contribution < -0.4 is 5.32 Å². The quantitative estimate of drug-likeness (QED) is 0.440. The molecule has 23 heavy (non-hydrogen) atoms. The van der Waals surface area contributed by atoms with Crippen LogP contribution in [-0.4, -0.2) is 57.6 Å². The molecule has 7 heteroatoms. The molecule has 0 aliphatic carbocycles. The predicted octanol–water partition coefficient (Wildman–Crippen LogP) is 1.53. The van der Waals surface area contributed by atoms with Crippen LogP contribution in [0, 0.1) is 0 Å². The van der Waals surface area contributed by atoms with Crippen molar-refractivity contribution in [1.29, 1.82) is 0 Å². The second kappa shape index (κ2) is 8.49. The zero-order valence-electron chi connectivity index (χ0n) is 13.4. The molecule has 3 rings (SSSR count). The summed E-state index contributed by atoms with van der Waals surface area (Å²) in [5, 5.41) is 13.0. The van der Waals surface area contributed by atoms with Gasteiger partial charge in [-0.2, -0.15) is 0 Å². The van der Waals surface area contributed by atoms with Crippen LogP contribution >= 0.6 is 24.0 Å². The summed E-state index contributed by atoms with van der Waals surface area (Å²) >= 11 is 0. The summed E-state index contributed by atoms with van der Waals surface area (Å²) in [5.74, 6) is 0.891. The van der Waals surface area contributed by atoms with Crippen LogP contribution in [0.3, 0.4) is 0 Å². The highest BCUT2D eigenvalue weighted by Gasteiger charge is 2.22. The van der Waals surface area contributed by atoms with E-state index in [0.29, 0.717) is 13.1 Å². The van der Waals surface area contributed by atoms with E-state index in [0.717, 1.165) is 43.2 Å². The number of imidazole rings is 1. The first-order valence-electron chi connectivity index (χ1n) is 7.90. The fourth-order valence-corrected chi connectivity index (χ4v) is 2.74. The summed E-state index contributed by atoms with van der Waals surface area (Å²) in [4.78, 5) is 11.4. The van der Waals surface area contributed by atoms with E-state index in [4.69, 9.17) is 0 Å². The van der Waals surface area contributed by atoms with E-state index in [-0.39, 0.29) is 30.1 Å². The maximum Gasteiger partial charge on any atom is 0.194 e. The minimum Gasteiger partial charge on any atom is -0.391 e. The van der Waals surface area contributed by atoms with Crippen molar-refractivity contribution in [3.05, 3.63) is 36.3 Å². The third kappa shape index (κ3) is 4.57. The van der Waals surface area contributed by atoms with Crippen molar-refractivity contribution in [2.24, 2.45) is 4.99 Å². The van der Waals surface area contributed by atoms with Crippen LogP contribution in [0.1, 0.15) is 19.0 Å². The van der Waals surface area contributed by atoms with Gasteiger partial charge in [-0.05, 0) is 25.5 Å². The number of fused-ring (bicyclic) bond motifs is 1. The summed E-state index contributed by atoms with van der Waals surface area (Å²) in [7, 11) is 0. The fraction of sp³-hybridized carbons (Fsp3) is 0.500. The maximum absolute atomic E-state index is 9.66. The lowest BCUT2D eigenvalue weighted by Gasteiger charge is -2.20. The van der Waals surface area contributed by atoms with Crippen molar-refractivity contribution < 1.29 is 5.11 Å². The molecular formula is C16H24IN5O. The van der Waals surface area contributed by atoms with Gasteiger partial charge in [0, 0.05) is 45.0 Å². The molecule has 126 valence electrons. The van der Waals surface area contributed by atoms with Crippen LogP contribution in [0.5, 0.6) is 0 Å². The maximum atomic E-state index is 9.66. The summed E-state index contributed by atoms with van der Waals surface area (Å²) in [6.45, 7) is 5.12. The molecule has 1 atom stereocenters. The van der Waals surface area contributed by atoms with Gasteiger partial charge in [0.25, 0.3) is 0 Å². The van der Waals surface area contributed by atoms with Crippen LogP contribution in [0.2, 0.25) is 0 Å². The average Bonchev–Trinajstić information content (AvgIpc) is 3.12. The molecule has 3 heterocycles. The monoisotopic (exact) mass is 429 g/mol. The number of aliphatic hydroxyl groups is 1. The Morgan fingerprint density at radius 3 is 3.04 bits per heavy atom. The summed E-state index contributed by atoms with van der Waals surface area (Å²) < 4.78 is 2.03. The summed E-state index contributed by atoms with van der Waals surface area (Å²) in [6, 6.07) is 5.99. The number of aliphatic imine (C=N–C) groups is 1. The fourth-order valence-electron chi connectivity index (χ4n) is 2.74. The zero-order chi connectivity index (χ0) is 15.4. The standard InChI is InChI=1S/C16H23N5O.HI/c1-2-17-16(21-10-7-14(22)12-21)18-8-6-13-11-20-9-4-3-5-15(20)19-13;/h3-5,9,11,14,22H,2,6-8,10,12H2,1H3,(H,17,18);1H/t14-;/m1./s1. The number of pyridine rings is 1. The minimum atomic E-state index is -0.234. The van der Waals surface area contributed by atoms with Gasteiger partial charge in [-0.3, -0.25) is 4.99 Å². The van der Waals surface area contributed by atoms with Gasteiger partial charge in [0.15, 0.2) is 5.96 Å². The predicted molar refractivity (Wildman–Crippen MR) is 102 cm³/mol. The van der Waals surface area contributed by atoms with Crippen molar-refractivity contribution >= 4 is 35.6 Å². The Labute approximate surface area is 153 Å². The van der Waals surface area contributed by atoms with E-state index in [1.165, 1.54) is 0 Å². The van der Waals surface area contributed by atoms with Gasteiger partial charge in [0.2, 0.25) is 0 Å². The Morgan fingerprint density at radius 1 is 1.48 bits per heavy atom. The number of hydrogen-bond acceptors (Lipinski definition) is 3. The first-order chi connectivity index (χ1) is 10.8. The second-order valence-electron chi connectivity index (χ2n) is 5.57. The van der Waals surface area contributed by atoms with Crippen LogP contribution in [0.25, 0.3) is 5.65 Å². The highest BCUT2D eigenvalue weighted by Crippen LogP contribution is 2.09. The lowest BCUT2D eigenvalue weighted by atomic mass is 10.3. The lowest BCUT2D eigenvalue weighted by molar-refractivity contribution is 0.188. The zero-order valence-corrected chi connectivity index (χ0v) is 15.7. The average molecular weight is 429 g/mol. The molecule has 0 spiro atoms. The number of likely N-dealkylation sites (tertiary alicyclic amines) is 1. The van der Waals surface area contributed by atoms with Gasteiger partial charge in [-0.25, -0.2) is 4.98 Å². The van der Waals surface area contributed by atoms with Gasteiger partial charge in [-0.1, -0.05) is 6.07 Å². The Morgan fingerprint density at radius 2 is 2.35 bits per heavy atom. The van der Waals surface area contributed by atoms with Crippen molar-refractivity contribution in [1.82, 2.24) is 19.6 Å². The molecule has 2 N–H and O–H groups in total. The number of nitrogens with zero attached hydrogens (tertiary/aromatic N) is 4. The summed E-state index contributed by atoms with van der Waals surface area (Å²) in [6.07, 6.45) is 5.45. The number of guanidine groups is 1. The highest BCUT2D eigenvalue weighted by atomic mass is 127. The molecule has 2 aromatic rings. The summed E-state index contributed by atoms with van der Waals surface area (Å²) in [5.41, 5.74) is 2.02. The van der Waals surface area contributed by atoms with Gasteiger partial charge < -0.3 is 19.7 Å². The topological polar surface area (TPSA) is 65.2 Å². The van der Waals surface area contributed by atoms with Gasteiger partial charge in [0.1, 0.15) is 5.65 Å². The first kappa shape index (κ1) is 18.0. The SMILES string of the molecule is CCNC(=NCCc1cn2ccccc2n1)N1CC[C@@H](O)C1.I. The van der Waals surface area contributed by atoms with Crippen LogP contribution in [0.15, 0.2) is 35.6 Å². The second-order valence-corrected chi connectivity index (χ2v) is 5.57. The van der Waals surface area contributed by atoms with Gasteiger partial charge in [-0.15, -0.1) is 24.0 Å². The first-order valence-corrected chi connectivity index (χ1v) is 7.90. The molecule has 1 fully saturated rings. The van der Waals surface area contributed by atoms with Gasteiger partial charge >= 0.3 is 0 Å².